The molecule has 1 aromatic carbocycles. The fraction of sp³-hybridized carbons (Fsp3) is 0.588. The van der Waals surface area contributed by atoms with Gasteiger partial charge in [0.2, 0.25) is 5.91 Å². The third-order valence-electron chi connectivity index (χ3n) is 4.03. The molecule has 1 aromatic rings. The summed E-state index contributed by atoms with van der Waals surface area (Å²) >= 11 is 0. The molecule has 0 saturated carbocycles. The van der Waals surface area contributed by atoms with Crippen LogP contribution in [0.3, 0.4) is 0 Å². The van der Waals surface area contributed by atoms with E-state index in [1.807, 2.05) is 58.0 Å². The summed E-state index contributed by atoms with van der Waals surface area (Å²) in [5, 5.41) is 0. The van der Waals surface area contributed by atoms with Gasteiger partial charge in [0.1, 0.15) is 9.84 Å². The molecular weight excluding hydrogens is 312 g/mol. The van der Waals surface area contributed by atoms with Crippen molar-refractivity contribution in [2.24, 2.45) is 0 Å². The molecule has 0 aliphatic rings. The maximum Gasteiger partial charge on any atom is 0.228 e. The second-order valence-corrected chi connectivity index (χ2v) is 8.70. The molecule has 0 saturated heterocycles. The van der Waals surface area contributed by atoms with Crippen molar-refractivity contribution in [3.63, 3.8) is 0 Å². The van der Waals surface area contributed by atoms with Gasteiger partial charge < -0.3 is 9.80 Å². The van der Waals surface area contributed by atoms with Gasteiger partial charge in [0, 0.05) is 31.0 Å². The highest BCUT2D eigenvalue weighted by Gasteiger charge is 2.23. The number of hydrogen-bond acceptors (Lipinski definition) is 4. The molecule has 0 bridgehead atoms. The van der Waals surface area contributed by atoms with E-state index >= 15 is 0 Å². The molecule has 5 nitrogen and oxygen atoms in total. The average Bonchev–Trinajstić information content (AvgIpc) is 2.42. The highest BCUT2D eigenvalue weighted by Crippen LogP contribution is 2.26. The van der Waals surface area contributed by atoms with Gasteiger partial charge in [-0.25, -0.2) is 8.42 Å². The van der Waals surface area contributed by atoms with E-state index < -0.39 is 9.84 Å². The van der Waals surface area contributed by atoms with Crippen LogP contribution in [-0.2, 0) is 14.6 Å². The molecule has 0 spiro atoms. The Labute approximate surface area is 140 Å². The molecule has 0 aliphatic heterocycles. The molecule has 1 rings (SSSR count). The monoisotopic (exact) mass is 340 g/mol. The Bertz CT molecular complexity index is 634. The lowest BCUT2D eigenvalue weighted by Gasteiger charge is -2.31. The predicted octanol–water partition coefficient (Wildman–Crippen LogP) is 2.02. The summed E-state index contributed by atoms with van der Waals surface area (Å²) < 4.78 is 22.8. The Morgan fingerprint density at radius 3 is 2.13 bits per heavy atom. The summed E-state index contributed by atoms with van der Waals surface area (Å²) in [5.74, 6) is -0.273. The van der Waals surface area contributed by atoms with Crippen LogP contribution in [0.15, 0.2) is 18.2 Å². The van der Waals surface area contributed by atoms with Crippen molar-refractivity contribution in [3.05, 3.63) is 29.3 Å². The van der Waals surface area contributed by atoms with Gasteiger partial charge in [-0.05, 0) is 46.0 Å². The Morgan fingerprint density at radius 2 is 1.70 bits per heavy atom. The normalized spacial score (nSPS) is 13.2. The maximum absolute atomic E-state index is 12.7. The van der Waals surface area contributed by atoms with Crippen LogP contribution >= 0.6 is 0 Å². The molecule has 1 atom stereocenters. The average molecular weight is 340 g/mol. The van der Waals surface area contributed by atoms with Crippen LogP contribution in [0.25, 0.3) is 0 Å². The van der Waals surface area contributed by atoms with Crippen LogP contribution in [0.2, 0.25) is 0 Å². The van der Waals surface area contributed by atoms with Crippen molar-refractivity contribution in [2.45, 2.75) is 33.2 Å². The van der Waals surface area contributed by atoms with Crippen molar-refractivity contribution < 1.29 is 13.2 Å². The van der Waals surface area contributed by atoms with Crippen LogP contribution in [0.5, 0.6) is 0 Å². The Balaban J connectivity index is 3.14. The minimum absolute atomic E-state index is 0.00670. The van der Waals surface area contributed by atoms with Crippen molar-refractivity contribution in [2.75, 3.05) is 37.5 Å². The highest BCUT2D eigenvalue weighted by molar-refractivity contribution is 7.90. The van der Waals surface area contributed by atoms with Crippen molar-refractivity contribution in [3.8, 4) is 0 Å². The van der Waals surface area contributed by atoms with Gasteiger partial charge >= 0.3 is 0 Å². The molecule has 23 heavy (non-hydrogen) atoms. The highest BCUT2D eigenvalue weighted by atomic mass is 32.2. The number of rotatable bonds is 7. The first-order chi connectivity index (χ1) is 10.5. The molecule has 1 unspecified atom stereocenters. The summed E-state index contributed by atoms with van der Waals surface area (Å²) in [4.78, 5) is 16.5. The fourth-order valence-electron chi connectivity index (χ4n) is 2.38. The van der Waals surface area contributed by atoms with Crippen LogP contribution in [0, 0.1) is 13.8 Å². The van der Waals surface area contributed by atoms with E-state index in [2.05, 4.69) is 0 Å². The van der Waals surface area contributed by atoms with E-state index in [-0.39, 0.29) is 24.1 Å². The lowest BCUT2D eigenvalue weighted by atomic mass is 10.1. The Morgan fingerprint density at radius 1 is 1.17 bits per heavy atom. The third kappa shape index (κ3) is 5.95. The first kappa shape index (κ1) is 19.6. The first-order valence-electron chi connectivity index (χ1n) is 7.73. The zero-order chi connectivity index (χ0) is 17.8. The van der Waals surface area contributed by atoms with Gasteiger partial charge in [-0.3, -0.25) is 4.79 Å². The zero-order valence-electron chi connectivity index (χ0n) is 15.0. The summed E-state index contributed by atoms with van der Waals surface area (Å²) in [7, 11) is 0.776. The number of aryl methyl sites for hydroxylation is 2. The number of anilines is 1. The lowest BCUT2D eigenvalue weighted by molar-refractivity contribution is -0.118. The van der Waals surface area contributed by atoms with Crippen molar-refractivity contribution in [1.29, 1.82) is 0 Å². The van der Waals surface area contributed by atoms with Crippen molar-refractivity contribution >= 4 is 21.4 Å². The number of nitrogens with zero attached hydrogens (tertiary/aromatic N) is 2. The Hall–Kier alpha value is -1.40. The second-order valence-electron chi connectivity index (χ2n) is 6.44. The van der Waals surface area contributed by atoms with E-state index in [0.717, 1.165) is 23.1 Å². The number of para-hydroxylation sites is 1. The minimum Gasteiger partial charge on any atom is -0.310 e. The number of likely N-dealkylation sites (N-methyl/N-ethyl adjacent to an activating group) is 1. The molecule has 0 N–H and O–H groups in total. The molecular formula is C17H28N2O3S. The number of hydrogen-bond donors (Lipinski definition) is 0. The molecule has 0 aromatic heterocycles. The standard InChI is InChI=1S/C17H28N2O3S/c1-13-8-7-9-14(2)17(13)19(12-15(3)18(4)5)16(20)10-11-23(6,21)22/h7-9,15H,10-12H2,1-6H3. The van der Waals surface area contributed by atoms with Gasteiger partial charge in [0.15, 0.2) is 0 Å². The SMILES string of the molecule is Cc1cccc(C)c1N(CC(C)N(C)C)C(=O)CCS(C)(=O)=O. The fourth-order valence-corrected chi connectivity index (χ4v) is 2.93. The molecule has 0 aliphatic carbocycles. The van der Waals surface area contributed by atoms with Gasteiger partial charge in [0.25, 0.3) is 0 Å². The molecule has 0 radical (unpaired) electrons. The van der Waals surface area contributed by atoms with Crippen molar-refractivity contribution in [1.82, 2.24) is 4.90 Å². The van der Waals surface area contributed by atoms with E-state index in [9.17, 15) is 13.2 Å². The van der Waals surface area contributed by atoms with E-state index in [1.165, 1.54) is 0 Å². The third-order valence-corrected chi connectivity index (χ3v) is 4.97. The second kappa shape index (κ2) is 7.93. The minimum atomic E-state index is -3.16. The van der Waals surface area contributed by atoms with Gasteiger partial charge in [0.05, 0.1) is 5.75 Å². The maximum atomic E-state index is 12.7. The van der Waals surface area contributed by atoms with Crippen LogP contribution < -0.4 is 4.90 Å². The van der Waals surface area contributed by atoms with Gasteiger partial charge in [-0.2, -0.15) is 0 Å². The summed E-state index contributed by atoms with van der Waals surface area (Å²) in [5.41, 5.74) is 2.92. The zero-order valence-corrected chi connectivity index (χ0v) is 15.8. The van der Waals surface area contributed by atoms with Crippen LogP contribution in [0.1, 0.15) is 24.5 Å². The summed E-state index contributed by atoms with van der Waals surface area (Å²) in [6.07, 6.45) is 1.17. The molecule has 1 amide bonds. The number of benzene rings is 1. The van der Waals surface area contributed by atoms with Crippen LogP contribution in [-0.4, -0.2) is 57.9 Å². The van der Waals surface area contributed by atoms with Crippen LogP contribution in [0.4, 0.5) is 5.69 Å². The van der Waals surface area contributed by atoms with Gasteiger partial charge in [-0.1, -0.05) is 18.2 Å². The Kier molecular flexibility index (Phi) is 6.77. The number of sulfone groups is 1. The quantitative estimate of drug-likeness (QED) is 0.762. The number of carbonyl (C=O) groups excluding carboxylic acids is 1. The predicted molar refractivity (Wildman–Crippen MR) is 95.7 cm³/mol. The van der Waals surface area contributed by atoms with E-state index in [1.54, 1.807) is 4.90 Å². The largest absolute Gasteiger partial charge is 0.310 e. The lowest BCUT2D eigenvalue weighted by Crippen LogP contribution is -2.43. The summed E-state index contributed by atoms with van der Waals surface area (Å²) in [6.45, 7) is 6.52. The number of carbonyl (C=O) groups is 1. The topological polar surface area (TPSA) is 57.7 Å². The first-order valence-corrected chi connectivity index (χ1v) is 9.79. The molecule has 0 fully saturated rings. The van der Waals surface area contributed by atoms with E-state index in [4.69, 9.17) is 0 Å². The molecule has 130 valence electrons. The van der Waals surface area contributed by atoms with E-state index in [0.29, 0.717) is 6.54 Å². The summed E-state index contributed by atoms with van der Waals surface area (Å²) in [6, 6.07) is 6.07. The smallest absolute Gasteiger partial charge is 0.228 e. The molecule has 0 heterocycles. The number of amides is 1. The molecule has 6 heteroatoms. The van der Waals surface area contributed by atoms with Gasteiger partial charge in [-0.15, -0.1) is 0 Å².